The van der Waals surface area contributed by atoms with Crippen LogP contribution in [0.15, 0.2) is 66.7 Å². The summed E-state index contributed by atoms with van der Waals surface area (Å²) in [6.45, 7) is 0.887. The van der Waals surface area contributed by atoms with Gasteiger partial charge in [0.05, 0.1) is 16.5 Å². The molecule has 1 aliphatic heterocycles. The fraction of sp³-hybridized carbons (Fsp3) is 0.174. The summed E-state index contributed by atoms with van der Waals surface area (Å²) >= 11 is 7.26. The number of hydrogen-bond donors (Lipinski definition) is 2. The minimum absolute atomic E-state index is 0.0826. The highest BCUT2D eigenvalue weighted by Gasteiger charge is 2.38. The second-order valence-corrected chi connectivity index (χ2v) is 8.90. The molecule has 0 aliphatic carbocycles. The van der Waals surface area contributed by atoms with E-state index in [9.17, 15) is 9.90 Å². The van der Waals surface area contributed by atoms with E-state index in [4.69, 9.17) is 21.7 Å². The Hall–Kier alpha value is -3.36. The lowest BCUT2D eigenvalue weighted by atomic mass is 10.1. The van der Waals surface area contributed by atoms with Gasteiger partial charge in [-0.15, -0.1) is 11.3 Å². The molecule has 9 heteroatoms. The van der Waals surface area contributed by atoms with E-state index in [2.05, 4.69) is 4.98 Å². The number of nitrogens with one attached hydrogen (secondary N) is 1. The van der Waals surface area contributed by atoms with E-state index < -0.39 is 0 Å². The van der Waals surface area contributed by atoms with Gasteiger partial charge < -0.3 is 14.7 Å². The Morgan fingerprint density at radius 1 is 1.28 bits per heavy atom. The van der Waals surface area contributed by atoms with Gasteiger partial charge in [0.2, 0.25) is 11.8 Å². The van der Waals surface area contributed by atoms with Crippen molar-refractivity contribution in [1.29, 1.82) is 5.41 Å². The summed E-state index contributed by atoms with van der Waals surface area (Å²) in [5, 5.41) is 19.4. The topological polar surface area (TPSA) is 89.8 Å². The van der Waals surface area contributed by atoms with E-state index in [1.807, 2.05) is 30.3 Å². The number of thiazole rings is 1. The predicted octanol–water partition coefficient (Wildman–Crippen LogP) is 4.72. The minimum atomic E-state index is -0.374. The molecule has 1 aromatic heterocycles. The van der Waals surface area contributed by atoms with Crippen LogP contribution in [0.3, 0.4) is 0 Å². The summed E-state index contributed by atoms with van der Waals surface area (Å²) in [5.74, 6) is 0.439. The number of aliphatic hydroxyl groups is 1. The normalized spacial score (nSPS) is 16.8. The van der Waals surface area contributed by atoms with Gasteiger partial charge in [-0.25, -0.2) is 4.98 Å². The average molecular weight is 469 g/mol. The third-order valence-corrected chi connectivity index (χ3v) is 6.39. The first-order valence-electron chi connectivity index (χ1n) is 9.83. The number of guanidine groups is 1. The van der Waals surface area contributed by atoms with E-state index in [-0.39, 0.29) is 23.5 Å². The van der Waals surface area contributed by atoms with Gasteiger partial charge in [0.1, 0.15) is 12.4 Å². The molecule has 1 saturated heterocycles. The first-order valence-corrected chi connectivity index (χ1v) is 11.0. The van der Waals surface area contributed by atoms with Crippen LogP contribution < -0.4 is 4.74 Å². The average Bonchev–Trinajstić information content (AvgIpc) is 3.37. The van der Waals surface area contributed by atoms with Gasteiger partial charge in [-0.2, -0.15) is 0 Å². The largest absolute Gasteiger partial charge is 0.494 e. The highest BCUT2D eigenvalue weighted by Crippen LogP contribution is 2.37. The third kappa shape index (κ3) is 4.46. The van der Waals surface area contributed by atoms with Crippen LogP contribution in [0.25, 0.3) is 5.57 Å². The van der Waals surface area contributed by atoms with Crippen LogP contribution in [0.5, 0.6) is 5.75 Å². The zero-order valence-corrected chi connectivity index (χ0v) is 18.8. The molecule has 1 aliphatic rings. The van der Waals surface area contributed by atoms with Crippen molar-refractivity contribution >= 4 is 40.8 Å². The predicted molar refractivity (Wildman–Crippen MR) is 125 cm³/mol. The van der Waals surface area contributed by atoms with Crippen molar-refractivity contribution < 1.29 is 14.6 Å². The summed E-state index contributed by atoms with van der Waals surface area (Å²) in [7, 11) is 1.75. The van der Waals surface area contributed by atoms with Crippen molar-refractivity contribution in [3.05, 3.63) is 87.1 Å². The molecule has 0 bridgehead atoms. The first-order chi connectivity index (χ1) is 15.5. The summed E-state index contributed by atoms with van der Waals surface area (Å²) in [6, 6.07) is 16.4. The zero-order valence-electron chi connectivity index (χ0n) is 17.2. The van der Waals surface area contributed by atoms with Crippen molar-refractivity contribution in [2.24, 2.45) is 0 Å². The van der Waals surface area contributed by atoms with Crippen LogP contribution in [0, 0.1) is 5.41 Å². The SMILES string of the molecule is CN1CC(c2cnc(Cl)s2)N(/C(O)=C(\C=O)c2ccc(OCc3ccccc3)cc2)C1=N. The molecule has 3 aromatic rings. The Morgan fingerprint density at radius 3 is 2.62 bits per heavy atom. The standard InChI is InChI=1S/C23H21ClN4O3S/c1-27-12-19(20-11-26-22(24)32-20)28(23(27)25)21(30)18(13-29)16-7-9-17(10-8-16)31-14-15-5-3-2-4-6-15/h2-11,13,19,25,30H,12,14H2,1H3/b21-18-,25-23?. The van der Waals surface area contributed by atoms with Gasteiger partial charge >= 0.3 is 0 Å². The number of aldehydes is 1. The highest BCUT2D eigenvalue weighted by atomic mass is 35.5. The number of nitrogens with zero attached hydrogens (tertiary/aromatic N) is 3. The van der Waals surface area contributed by atoms with Gasteiger partial charge in [-0.05, 0) is 23.3 Å². The van der Waals surface area contributed by atoms with E-state index in [0.29, 0.717) is 35.2 Å². The van der Waals surface area contributed by atoms with Crippen LogP contribution in [0.2, 0.25) is 4.47 Å². The van der Waals surface area contributed by atoms with Crippen LogP contribution in [-0.2, 0) is 11.4 Å². The number of halogens is 1. The van der Waals surface area contributed by atoms with Crippen LogP contribution in [-0.4, -0.2) is 45.7 Å². The lowest BCUT2D eigenvalue weighted by Gasteiger charge is -2.24. The smallest absolute Gasteiger partial charge is 0.205 e. The van der Waals surface area contributed by atoms with Gasteiger partial charge in [0, 0.05) is 19.8 Å². The van der Waals surface area contributed by atoms with Crippen molar-refractivity contribution in [3.63, 3.8) is 0 Å². The number of aliphatic hydroxyl groups excluding tert-OH is 1. The Morgan fingerprint density at radius 2 is 2.00 bits per heavy atom. The number of hydrogen-bond acceptors (Lipinski definition) is 6. The monoisotopic (exact) mass is 468 g/mol. The first kappa shape index (κ1) is 21.9. The van der Waals surface area contributed by atoms with Gasteiger partial charge in [0.15, 0.2) is 10.8 Å². The van der Waals surface area contributed by atoms with Gasteiger partial charge in [0.25, 0.3) is 0 Å². The number of rotatable bonds is 7. The minimum Gasteiger partial charge on any atom is -0.494 e. The molecule has 1 atom stereocenters. The van der Waals surface area contributed by atoms with Crippen LogP contribution >= 0.6 is 22.9 Å². The van der Waals surface area contributed by atoms with Gasteiger partial charge in [-0.3, -0.25) is 15.1 Å². The fourth-order valence-electron chi connectivity index (χ4n) is 3.49. The summed E-state index contributed by atoms with van der Waals surface area (Å²) in [4.78, 5) is 19.9. The number of allylic oxidation sites excluding steroid dienone is 1. The number of carbonyl (C=O) groups is 1. The molecule has 1 fully saturated rings. The molecule has 0 spiro atoms. The number of carbonyl (C=O) groups excluding carboxylic acids is 1. The molecule has 32 heavy (non-hydrogen) atoms. The molecule has 2 N–H and O–H groups in total. The van der Waals surface area contributed by atoms with Gasteiger partial charge in [-0.1, -0.05) is 54.1 Å². The van der Waals surface area contributed by atoms with Crippen molar-refractivity contribution in [3.8, 4) is 5.75 Å². The fourth-order valence-corrected chi connectivity index (χ4v) is 4.53. The second kappa shape index (κ2) is 9.42. The number of ether oxygens (including phenoxy) is 1. The molecule has 0 radical (unpaired) electrons. The quantitative estimate of drug-likeness (QED) is 0.296. The molecule has 7 nitrogen and oxygen atoms in total. The Labute approximate surface area is 194 Å². The lowest BCUT2D eigenvalue weighted by Crippen LogP contribution is -2.31. The maximum Gasteiger partial charge on any atom is 0.205 e. The maximum atomic E-state index is 11.9. The summed E-state index contributed by atoms with van der Waals surface area (Å²) < 4.78 is 6.17. The third-order valence-electron chi connectivity index (χ3n) is 5.17. The summed E-state index contributed by atoms with van der Waals surface area (Å²) in [5.41, 5.74) is 1.65. The van der Waals surface area contributed by atoms with E-state index in [1.54, 1.807) is 42.4 Å². The Bertz CT molecular complexity index is 1150. The van der Waals surface area contributed by atoms with Crippen molar-refractivity contribution in [1.82, 2.24) is 14.8 Å². The molecular formula is C23H21ClN4O3S. The van der Waals surface area contributed by atoms with E-state index >= 15 is 0 Å². The molecule has 0 amide bonds. The number of aromatic nitrogens is 1. The lowest BCUT2D eigenvalue weighted by molar-refractivity contribution is -0.103. The molecule has 2 heterocycles. The van der Waals surface area contributed by atoms with Crippen LogP contribution in [0.4, 0.5) is 0 Å². The molecule has 4 rings (SSSR count). The van der Waals surface area contributed by atoms with Crippen LogP contribution in [0.1, 0.15) is 22.0 Å². The van der Waals surface area contributed by atoms with Crippen molar-refractivity contribution in [2.75, 3.05) is 13.6 Å². The summed E-state index contributed by atoms with van der Waals surface area (Å²) in [6.07, 6.45) is 2.22. The van der Waals surface area contributed by atoms with Crippen molar-refractivity contribution in [2.45, 2.75) is 12.6 Å². The van der Waals surface area contributed by atoms with E-state index in [1.165, 1.54) is 16.2 Å². The molecule has 164 valence electrons. The van der Waals surface area contributed by atoms with E-state index in [0.717, 1.165) is 10.4 Å². The second-order valence-electron chi connectivity index (χ2n) is 7.26. The Kier molecular flexibility index (Phi) is 6.43. The maximum absolute atomic E-state index is 11.9. The molecule has 0 saturated carbocycles. The molecule has 2 aromatic carbocycles. The Balaban J connectivity index is 1.58. The number of likely N-dealkylation sites (N-methyl/N-ethyl adjacent to an activating group) is 1. The molecular weight excluding hydrogens is 448 g/mol. The number of benzene rings is 2. The zero-order chi connectivity index (χ0) is 22.7. The highest BCUT2D eigenvalue weighted by molar-refractivity contribution is 7.15. The molecule has 1 unspecified atom stereocenters.